The first-order valence-corrected chi connectivity index (χ1v) is 7.28. The van der Waals surface area contributed by atoms with E-state index >= 15 is 0 Å². The van der Waals surface area contributed by atoms with Crippen LogP contribution >= 0.6 is 0 Å². The summed E-state index contributed by atoms with van der Waals surface area (Å²) in [5, 5.41) is 0. The second kappa shape index (κ2) is 5.19. The predicted octanol–water partition coefficient (Wildman–Crippen LogP) is 2.46. The van der Waals surface area contributed by atoms with E-state index in [2.05, 4.69) is 9.88 Å². The van der Waals surface area contributed by atoms with Crippen LogP contribution in [0, 0.1) is 5.92 Å². The lowest BCUT2D eigenvalue weighted by Gasteiger charge is -2.44. The quantitative estimate of drug-likeness (QED) is 0.842. The molecule has 1 amide bonds. The SMILES string of the molecule is Nc1ccnc(C(=O)N2CCCC3CCCCC32)c1. The van der Waals surface area contributed by atoms with E-state index < -0.39 is 0 Å². The van der Waals surface area contributed by atoms with Crippen LogP contribution < -0.4 is 5.73 Å². The largest absolute Gasteiger partial charge is 0.399 e. The average Bonchev–Trinajstić information content (AvgIpc) is 2.46. The summed E-state index contributed by atoms with van der Waals surface area (Å²) < 4.78 is 0. The second-order valence-electron chi connectivity index (χ2n) is 5.73. The molecule has 1 aromatic heterocycles. The molecule has 0 radical (unpaired) electrons. The Balaban J connectivity index is 1.82. The zero-order valence-electron chi connectivity index (χ0n) is 11.2. The molecule has 1 aliphatic heterocycles. The third kappa shape index (κ3) is 2.44. The van der Waals surface area contributed by atoms with Gasteiger partial charge in [-0.25, -0.2) is 0 Å². The second-order valence-corrected chi connectivity index (χ2v) is 5.73. The standard InChI is InChI=1S/C15H21N3O/c16-12-7-8-17-13(10-12)15(19)18-9-3-5-11-4-1-2-6-14(11)18/h7-8,10-11,14H,1-6,9H2,(H2,16,17). The first kappa shape index (κ1) is 12.5. The molecule has 2 unspecified atom stereocenters. The van der Waals surface area contributed by atoms with Crippen molar-refractivity contribution in [2.75, 3.05) is 12.3 Å². The van der Waals surface area contributed by atoms with Crippen LogP contribution in [0.2, 0.25) is 0 Å². The van der Waals surface area contributed by atoms with Crippen molar-refractivity contribution < 1.29 is 4.79 Å². The summed E-state index contributed by atoms with van der Waals surface area (Å²) >= 11 is 0. The molecule has 2 atom stereocenters. The normalized spacial score (nSPS) is 26.8. The molecule has 102 valence electrons. The summed E-state index contributed by atoms with van der Waals surface area (Å²) in [5.41, 5.74) is 6.85. The zero-order valence-corrected chi connectivity index (χ0v) is 11.2. The number of pyridine rings is 1. The molecule has 2 heterocycles. The van der Waals surface area contributed by atoms with Gasteiger partial charge in [-0.2, -0.15) is 0 Å². The number of nitrogens with zero attached hydrogens (tertiary/aromatic N) is 2. The van der Waals surface area contributed by atoms with Crippen molar-refractivity contribution in [2.24, 2.45) is 5.92 Å². The molecule has 1 aliphatic carbocycles. The van der Waals surface area contributed by atoms with E-state index in [-0.39, 0.29) is 5.91 Å². The Morgan fingerprint density at radius 2 is 2.05 bits per heavy atom. The highest BCUT2D eigenvalue weighted by molar-refractivity contribution is 5.93. The van der Waals surface area contributed by atoms with Crippen molar-refractivity contribution in [3.05, 3.63) is 24.0 Å². The molecular weight excluding hydrogens is 238 g/mol. The molecule has 2 fully saturated rings. The van der Waals surface area contributed by atoms with E-state index in [1.807, 2.05) is 0 Å². The van der Waals surface area contributed by atoms with E-state index in [4.69, 9.17) is 5.73 Å². The first-order valence-electron chi connectivity index (χ1n) is 7.28. The number of aromatic nitrogens is 1. The number of rotatable bonds is 1. The topological polar surface area (TPSA) is 59.2 Å². The Morgan fingerprint density at radius 1 is 1.26 bits per heavy atom. The molecule has 3 rings (SSSR count). The summed E-state index contributed by atoms with van der Waals surface area (Å²) in [6.07, 6.45) is 9.01. The minimum atomic E-state index is 0.0592. The number of fused-ring (bicyclic) bond motifs is 1. The molecule has 0 spiro atoms. The van der Waals surface area contributed by atoms with Crippen molar-refractivity contribution in [3.63, 3.8) is 0 Å². The summed E-state index contributed by atoms with van der Waals surface area (Å²) in [6, 6.07) is 3.84. The third-order valence-corrected chi connectivity index (χ3v) is 4.51. The van der Waals surface area contributed by atoms with Crippen LogP contribution in [0.1, 0.15) is 49.0 Å². The molecular formula is C15H21N3O. The number of carbonyl (C=O) groups is 1. The summed E-state index contributed by atoms with van der Waals surface area (Å²) in [6.45, 7) is 0.872. The van der Waals surface area contributed by atoms with Gasteiger partial charge < -0.3 is 10.6 Å². The highest BCUT2D eigenvalue weighted by Gasteiger charge is 2.36. The Bertz CT molecular complexity index is 472. The monoisotopic (exact) mass is 259 g/mol. The number of nitrogens with two attached hydrogens (primary N) is 1. The van der Waals surface area contributed by atoms with Crippen molar-refractivity contribution in [2.45, 2.75) is 44.6 Å². The molecule has 0 aromatic carbocycles. The zero-order chi connectivity index (χ0) is 13.2. The van der Waals surface area contributed by atoms with Gasteiger partial charge in [0.1, 0.15) is 5.69 Å². The van der Waals surface area contributed by atoms with Crippen LogP contribution in [-0.4, -0.2) is 28.4 Å². The maximum absolute atomic E-state index is 12.6. The number of hydrogen-bond donors (Lipinski definition) is 1. The maximum atomic E-state index is 12.6. The smallest absolute Gasteiger partial charge is 0.272 e. The molecule has 1 saturated heterocycles. The Hall–Kier alpha value is -1.58. The van der Waals surface area contributed by atoms with E-state index in [1.165, 1.54) is 25.7 Å². The van der Waals surface area contributed by atoms with Gasteiger partial charge in [-0.15, -0.1) is 0 Å². The van der Waals surface area contributed by atoms with E-state index in [0.29, 0.717) is 23.3 Å². The molecule has 4 nitrogen and oxygen atoms in total. The Labute approximate surface area is 114 Å². The van der Waals surface area contributed by atoms with Crippen LogP contribution in [0.15, 0.2) is 18.3 Å². The van der Waals surface area contributed by atoms with Crippen LogP contribution in [0.5, 0.6) is 0 Å². The summed E-state index contributed by atoms with van der Waals surface area (Å²) in [5.74, 6) is 0.761. The van der Waals surface area contributed by atoms with Crippen molar-refractivity contribution >= 4 is 11.6 Å². The molecule has 1 aromatic rings. The van der Waals surface area contributed by atoms with Crippen molar-refractivity contribution in [3.8, 4) is 0 Å². The van der Waals surface area contributed by atoms with Crippen molar-refractivity contribution in [1.29, 1.82) is 0 Å². The minimum absolute atomic E-state index is 0.0592. The number of anilines is 1. The van der Waals surface area contributed by atoms with Gasteiger partial charge in [-0.1, -0.05) is 12.8 Å². The lowest BCUT2D eigenvalue weighted by Crippen LogP contribution is -2.49. The number of piperidine rings is 1. The first-order chi connectivity index (χ1) is 9.25. The molecule has 2 N–H and O–H groups in total. The molecule has 0 bridgehead atoms. The van der Waals surface area contributed by atoms with Gasteiger partial charge in [0, 0.05) is 24.5 Å². The number of carbonyl (C=O) groups excluding carboxylic acids is 1. The van der Waals surface area contributed by atoms with Gasteiger partial charge in [0.2, 0.25) is 0 Å². The highest BCUT2D eigenvalue weighted by atomic mass is 16.2. The Kier molecular flexibility index (Phi) is 3.40. The Morgan fingerprint density at radius 3 is 2.89 bits per heavy atom. The van der Waals surface area contributed by atoms with E-state index in [9.17, 15) is 4.79 Å². The fourth-order valence-electron chi connectivity index (χ4n) is 3.59. The lowest BCUT2D eigenvalue weighted by molar-refractivity contribution is 0.0385. The van der Waals surface area contributed by atoms with Gasteiger partial charge in [-0.05, 0) is 43.7 Å². The van der Waals surface area contributed by atoms with Crippen molar-refractivity contribution in [1.82, 2.24) is 9.88 Å². The fraction of sp³-hybridized carbons (Fsp3) is 0.600. The third-order valence-electron chi connectivity index (χ3n) is 4.51. The highest BCUT2D eigenvalue weighted by Crippen LogP contribution is 2.35. The minimum Gasteiger partial charge on any atom is -0.399 e. The number of hydrogen-bond acceptors (Lipinski definition) is 3. The van der Waals surface area contributed by atoms with Crippen LogP contribution in [0.4, 0.5) is 5.69 Å². The fourth-order valence-corrected chi connectivity index (χ4v) is 3.59. The molecule has 4 heteroatoms. The number of amides is 1. The van der Waals surface area contributed by atoms with Crippen LogP contribution in [-0.2, 0) is 0 Å². The van der Waals surface area contributed by atoms with Crippen LogP contribution in [0.25, 0.3) is 0 Å². The summed E-state index contributed by atoms with van der Waals surface area (Å²) in [4.78, 5) is 18.8. The van der Waals surface area contributed by atoms with E-state index in [1.54, 1.807) is 18.3 Å². The van der Waals surface area contributed by atoms with Gasteiger partial charge >= 0.3 is 0 Å². The van der Waals surface area contributed by atoms with E-state index in [0.717, 1.165) is 19.4 Å². The van der Waals surface area contributed by atoms with Gasteiger partial charge in [0.25, 0.3) is 5.91 Å². The lowest BCUT2D eigenvalue weighted by atomic mass is 9.78. The number of nitrogen functional groups attached to an aromatic ring is 1. The maximum Gasteiger partial charge on any atom is 0.272 e. The summed E-state index contributed by atoms with van der Waals surface area (Å²) in [7, 11) is 0. The van der Waals surface area contributed by atoms with Gasteiger partial charge in [0.05, 0.1) is 0 Å². The number of likely N-dealkylation sites (tertiary alicyclic amines) is 1. The molecule has 19 heavy (non-hydrogen) atoms. The predicted molar refractivity (Wildman–Crippen MR) is 74.7 cm³/mol. The average molecular weight is 259 g/mol. The molecule has 1 saturated carbocycles. The van der Waals surface area contributed by atoms with Gasteiger partial charge in [-0.3, -0.25) is 9.78 Å². The molecule has 2 aliphatic rings. The van der Waals surface area contributed by atoms with Gasteiger partial charge in [0.15, 0.2) is 0 Å². The van der Waals surface area contributed by atoms with Crippen LogP contribution in [0.3, 0.4) is 0 Å².